The summed E-state index contributed by atoms with van der Waals surface area (Å²) in [6.45, 7) is 5.59. The predicted octanol–water partition coefficient (Wildman–Crippen LogP) is 5.91. The van der Waals surface area contributed by atoms with E-state index in [1.807, 2.05) is 13.0 Å². The first-order chi connectivity index (χ1) is 11.7. The highest BCUT2D eigenvalue weighted by atomic mass is 79.9. The van der Waals surface area contributed by atoms with Crippen LogP contribution >= 0.6 is 28.3 Å². The molecule has 2 aromatic rings. The fourth-order valence-electron chi connectivity index (χ4n) is 2.79. The van der Waals surface area contributed by atoms with Crippen molar-refractivity contribution < 1.29 is 9.47 Å². The van der Waals surface area contributed by atoms with Crippen molar-refractivity contribution in [3.05, 3.63) is 58.1 Å². The summed E-state index contributed by atoms with van der Waals surface area (Å²) < 4.78 is 12.0. The highest BCUT2D eigenvalue weighted by molar-refractivity contribution is 9.10. The van der Waals surface area contributed by atoms with E-state index >= 15 is 0 Å². The summed E-state index contributed by atoms with van der Waals surface area (Å²) in [6.07, 6.45) is 2.25. The second-order valence-corrected chi connectivity index (χ2v) is 6.53. The van der Waals surface area contributed by atoms with Crippen molar-refractivity contribution in [2.45, 2.75) is 39.3 Å². The lowest BCUT2D eigenvalue weighted by atomic mass is 10.0. The van der Waals surface area contributed by atoms with Gasteiger partial charge in [0.15, 0.2) is 11.5 Å². The van der Waals surface area contributed by atoms with Gasteiger partial charge >= 0.3 is 0 Å². The number of rotatable bonds is 9. The second kappa shape index (κ2) is 11.4. The average Bonchev–Trinajstić information content (AvgIpc) is 2.59. The van der Waals surface area contributed by atoms with E-state index in [2.05, 4.69) is 64.6 Å². The fraction of sp³-hybridized carbons (Fsp3) is 0.400. The van der Waals surface area contributed by atoms with E-state index in [9.17, 15) is 0 Å². The molecule has 1 N–H and O–H groups in total. The first-order valence-corrected chi connectivity index (χ1v) is 9.26. The van der Waals surface area contributed by atoms with E-state index in [-0.39, 0.29) is 12.4 Å². The van der Waals surface area contributed by atoms with Crippen molar-refractivity contribution in [3.8, 4) is 11.5 Å². The van der Waals surface area contributed by atoms with Crippen LogP contribution in [0.5, 0.6) is 11.5 Å². The molecule has 0 aromatic heterocycles. The largest absolute Gasteiger partial charge is 0.492 e. The molecule has 0 fully saturated rings. The van der Waals surface area contributed by atoms with Gasteiger partial charge in [0.05, 0.1) is 18.2 Å². The summed E-state index contributed by atoms with van der Waals surface area (Å²) in [5.74, 6) is 1.52. The van der Waals surface area contributed by atoms with Crippen LogP contribution in [0.1, 0.15) is 43.9 Å². The number of nitrogens with one attached hydrogen (secondary N) is 1. The van der Waals surface area contributed by atoms with Crippen LogP contribution in [-0.4, -0.2) is 13.7 Å². The van der Waals surface area contributed by atoms with Crippen molar-refractivity contribution in [1.29, 1.82) is 0 Å². The SMILES string of the molecule is CCCC(NCc1cc(Br)c(OC)c(OCC)c1)c1ccccc1.Cl. The Morgan fingerprint density at radius 2 is 1.84 bits per heavy atom. The number of hydrogen-bond donors (Lipinski definition) is 1. The molecule has 0 aliphatic rings. The number of halogens is 2. The van der Waals surface area contributed by atoms with Crippen LogP contribution in [0, 0.1) is 0 Å². The first-order valence-electron chi connectivity index (χ1n) is 8.47. The molecule has 1 unspecified atom stereocenters. The average molecular weight is 429 g/mol. The van der Waals surface area contributed by atoms with Crippen molar-refractivity contribution in [2.24, 2.45) is 0 Å². The van der Waals surface area contributed by atoms with Gasteiger partial charge < -0.3 is 14.8 Å². The molecule has 138 valence electrons. The van der Waals surface area contributed by atoms with Gasteiger partial charge in [0.1, 0.15) is 0 Å². The van der Waals surface area contributed by atoms with E-state index in [0.29, 0.717) is 12.6 Å². The number of hydrogen-bond acceptors (Lipinski definition) is 3. The predicted molar refractivity (Wildman–Crippen MR) is 110 cm³/mol. The Bertz CT molecular complexity index is 637. The van der Waals surface area contributed by atoms with E-state index in [4.69, 9.17) is 9.47 Å². The van der Waals surface area contributed by atoms with Gasteiger partial charge in [0, 0.05) is 12.6 Å². The molecule has 2 aromatic carbocycles. The minimum atomic E-state index is 0. The quantitative estimate of drug-likeness (QED) is 0.538. The summed E-state index contributed by atoms with van der Waals surface area (Å²) in [6, 6.07) is 15.1. The van der Waals surface area contributed by atoms with Gasteiger partial charge in [-0.2, -0.15) is 0 Å². The molecule has 1 atom stereocenters. The zero-order valence-electron chi connectivity index (χ0n) is 15.0. The minimum absolute atomic E-state index is 0. The normalized spacial score (nSPS) is 11.5. The second-order valence-electron chi connectivity index (χ2n) is 5.67. The van der Waals surface area contributed by atoms with E-state index in [0.717, 1.165) is 35.4 Å². The smallest absolute Gasteiger partial charge is 0.174 e. The summed E-state index contributed by atoms with van der Waals surface area (Å²) in [7, 11) is 1.66. The lowest BCUT2D eigenvalue weighted by Crippen LogP contribution is -2.21. The Morgan fingerprint density at radius 3 is 2.44 bits per heavy atom. The third-order valence-electron chi connectivity index (χ3n) is 3.91. The van der Waals surface area contributed by atoms with Crippen LogP contribution in [0.15, 0.2) is 46.9 Å². The van der Waals surface area contributed by atoms with Gasteiger partial charge in [0.25, 0.3) is 0 Å². The Labute approximate surface area is 165 Å². The third-order valence-corrected chi connectivity index (χ3v) is 4.49. The molecule has 0 radical (unpaired) electrons. The molecule has 0 heterocycles. The molecule has 0 saturated carbocycles. The zero-order valence-corrected chi connectivity index (χ0v) is 17.5. The number of benzene rings is 2. The summed E-state index contributed by atoms with van der Waals surface area (Å²) in [5, 5.41) is 3.67. The lowest BCUT2D eigenvalue weighted by molar-refractivity contribution is 0.309. The molecular formula is C20H27BrClNO2. The van der Waals surface area contributed by atoms with Crippen LogP contribution in [0.2, 0.25) is 0 Å². The third kappa shape index (κ3) is 6.21. The van der Waals surface area contributed by atoms with Crippen LogP contribution in [0.25, 0.3) is 0 Å². The number of methoxy groups -OCH3 is 1. The molecule has 5 heteroatoms. The van der Waals surface area contributed by atoms with Crippen molar-refractivity contribution in [2.75, 3.05) is 13.7 Å². The van der Waals surface area contributed by atoms with E-state index in [1.54, 1.807) is 7.11 Å². The van der Waals surface area contributed by atoms with Crippen molar-refractivity contribution >= 4 is 28.3 Å². The molecular weight excluding hydrogens is 402 g/mol. The molecule has 2 rings (SSSR count). The molecule has 25 heavy (non-hydrogen) atoms. The molecule has 0 spiro atoms. The summed E-state index contributed by atoms with van der Waals surface area (Å²) in [4.78, 5) is 0. The summed E-state index contributed by atoms with van der Waals surface area (Å²) >= 11 is 3.58. The van der Waals surface area contributed by atoms with Crippen molar-refractivity contribution in [3.63, 3.8) is 0 Å². The maximum Gasteiger partial charge on any atom is 0.174 e. The highest BCUT2D eigenvalue weighted by Gasteiger charge is 2.13. The standard InChI is InChI=1S/C20H26BrNO2.ClH/c1-4-9-18(16-10-7-6-8-11-16)22-14-15-12-17(21)20(23-3)19(13-15)24-5-2;/h6-8,10-13,18,22H,4-5,9,14H2,1-3H3;1H. The van der Waals surface area contributed by atoms with Gasteiger partial charge in [-0.3, -0.25) is 0 Å². The van der Waals surface area contributed by atoms with Gasteiger partial charge in [-0.05, 0) is 52.5 Å². The lowest BCUT2D eigenvalue weighted by Gasteiger charge is -2.20. The van der Waals surface area contributed by atoms with Crippen molar-refractivity contribution in [1.82, 2.24) is 5.32 Å². The topological polar surface area (TPSA) is 30.5 Å². The van der Waals surface area contributed by atoms with Gasteiger partial charge in [-0.1, -0.05) is 43.7 Å². The van der Waals surface area contributed by atoms with Crippen LogP contribution in [-0.2, 0) is 6.54 Å². The first kappa shape index (κ1) is 21.8. The minimum Gasteiger partial charge on any atom is -0.492 e. The Morgan fingerprint density at radius 1 is 1.12 bits per heavy atom. The molecule has 3 nitrogen and oxygen atoms in total. The molecule has 0 aliphatic carbocycles. The maximum absolute atomic E-state index is 5.71. The fourth-order valence-corrected chi connectivity index (χ4v) is 3.44. The van der Waals surface area contributed by atoms with Crippen LogP contribution in [0.3, 0.4) is 0 Å². The maximum atomic E-state index is 5.71. The summed E-state index contributed by atoms with van der Waals surface area (Å²) in [5.41, 5.74) is 2.50. The Kier molecular flexibility index (Phi) is 9.94. The molecule has 0 bridgehead atoms. The molecule has 0 saturated heterocycles. The van der Waals surface area contributed by atoms with Crippen LogP contribution in [0.4, 0.5) is 0 Å². The Balaban J connectivity index is 0.00000312. The van der Waals surface area contributed by atoms with E-state index in [1.165, 1.54) is 11.1 Å². The van der Waals surface area contributed by atoms with Gasteiger partial charge in [0.2, 0.25) is 0 Å². The van der Waals surface area contributed by atoms with E-state index < -0.39 is 0 Å². The van der Waals surface area contributed by atoms with Gasteiger partial charge in [-0.25, -0.2) is 0 Å². The molecule has 0 amide bonds. The highest BCUT2D eigenvalue weighted by Crippen LogP contribution is 2.36. The Hall–Kier alpha value is -1.23. The number of ether oxygens (including phenoxy) is 2. The zero-order chi connectivity index (χ0) is 17.4. The molecule has 0 aliphatic heterocycles. The van der Waals surface area contributed by atoms with Gasteiger partial charge in [-0.15, -0.1) is 12.4 Å². The van der Waals surface area contributed by atoms with Crippen LogP contribution < -0.4 is 14.8 Å². The monoisotopic (exact) mass is 427 g/mol.